The lowest BCUT2D eigenvalue weighted by atomic mass is 10.00. The highest BCUT2D eigenvalue weighted by Crippen LogP contribution is 2.44. The first-order valence-corrected chi connectivity index (χ1v) is 8.85. The molecule has 0 aliphatic carbocycles. The molecule has 0 amide bonds. The van der Waals surface area contributed by atoms with Gasteiger partial charge < -0.3 is 10.0 Å². The number of carboxylic acid groups (broad SMARTS) is 1. The smallest absolute Gasteiger partial charge is 0.416 e. The van der Waals surface area contributed by atoms with Gasteiger partial charge in [0, 0.05) is 24.2 Å². The minimum absolute atomic E-state index is 0.213. The molecule has 7 nitrogen and oxygen atoms in total. The van der Waals surface area contributed by atoms with Gasteiger partial charge in [-0.3, -0.25) is 13.9 Å². The van der Waals surface area contributed by atoms with Gasteiger partial charge in [0.05, 0.1) is 12.1 Å². The lowest BCUT2D eigenvalue weighted by molar-refractivity contribution is -0.182. The Bertz CT molecular complexity index is 1200. The molecular formula is C18H14ClF3N4O3. The average molecular weight is 427 g/mol. The molecule has 1 aromatic carbocycles. The number of alkyl halides is 3. The van der Waals surface area contributed by atoms with Crippen LogP contribution < -0.4 is 10.5 Å². The maximum absolute atomic E-state index is 14.0. The summed E-state index contributed by atoms with van der Waals surface area (Å²) in [7, 11) is 0. The Morgan fingerprint density at radius 3 is 2.69 bits per heavy atom. The molecule has 1 N–H and O–H groups in total. The van der Waals surface area contributed by atoms with Crippen LogP contribution in [0.3, 0.4) is 0 Å². The number of nitrogens with zero attached hydrogens (tertiary/aromatic N) is 4. The standard InChI is InChI=1S/C18H14ClF3N4O3/c1-17(18(20,21)22)9-25-14(27)6-13(19)23-15(25)26(17)8-10-7-24(16(28)29)12-5-3-2-4-11(10)12/h2-7H,8-9H2,1H3,(H,28,29)/t17-/m0/s1. The lowest BCUT2D eigenvalue weighted by Gasteiger charge is -2.36. The Labute approximate surface area is 166 Å². The number of aromatic nitrogens is 3. The predicted octanol–water partition coefficient (Wildman–Crippen LogP) is 3.72. The largest absolute Gasteiger partial charge is 0.464 e. The monoisotopic (exact) mass is 426 g/mol. The molecule has 3 aromatic rings. The first kappa shape index (κ1) is 19.3. The number of hydrogen-bond donors (Lipinski definition) is 1. The van der Waals surface area contributed by atoms with Crippen molar-refractivity contribution < 1.29 is 23.1 Å². The molecule has 0 saturated carbocycles. The molecule has 4 rings (SSSR count). The van der Waals surface area contributed by atoms with Gasteiger partial charge in [0.15, 0.2) is 5.54 Å². The number of fused-ring (bicyclic) bond motifs is 2. The summed E-state index contributed by atoms with van der Waals surface area (Å²) in [6, 6.07) is 7.45. The van der Waals surface area contributed by atoms with Gasteiger partial charge in [0.2, 0.25) is 5.95 Å². The fourth-order valence-electron chi connectivity index (χ4n) is 3.63. The quantitative estimate of drug-likeness (QED) is 0.632. The van der Waals surface area contributed by atoms with Crippen molar-refractivity contribution in [3.8, 4) is 0 Å². The van der Waals surface area contributed by atoms with Crippen LogP contribution in [0.4, 0.5) is 23.9 Å². The zero-order chi connectivity index (χ0) is 21.1. The van der Waals surface area contributed by atoms with Crippen molar-refractivity contribution in [2.75, 3.05) is 4.90 Å². The number of halogens is 4. The van der Waals surface area contributed by atoms with E-state index < -0.39 is 29.9 Å². The number of rotatable bonds is 2. The average Bonchev–Trinajstić information content (AvgIpc) is 3.13. The normalized spacial score (nSPS) is 19.0. The molecule has 1 aliphatic rings. The summed E-state index contributed by atoms with van der Waals surface area (Å²) in [6.45, 7) is 0.0153. The summed E-state index contributed by atoms with van der Waals surface area (Å²) >= 11 is 5.83. The molecule has 1 atom stereocenters. The maximum Gasteiger partial charge on any atom is 0.416 e. The third-order valence-electron chi connectivity index (χ3n) is 5.20. The van der Waals surface area contributed by atoms with Crippen molar-refractivity contribution in [2.24, 2.45) is 0 Å². The molecule has 0 bridgehead atoms. The van der Waals surface area contributed by atoms with Gasteiger partial charge in [-0.15, -0.1) is 0 Å². The van der Waals surface area contributed by atoms with Gasteiger partial charge in [-0.2, -0.15) is 13.2 Å². The van der Waals surface area contributed by atoms with Crippen LogP contribution in [0.25, 0.3) is 10.9 Å². The molecule has 0 radical (unpaired) electrons. The van der Waals surface area contributed by atoms with Gasteiger partial charge in [0.25, 0.3) is 5.56 Å². The van der Waals surface area contributed by atoms with Gasteiger partial charge in [-0.1, -0.05) is 29.8 Å². The minimum atomic E-state index is -4.69. The number of benzene rings is 1. The van der Waals surface area contributed by atoms with E-state index in [9.17, 15) is 27.9 Å². The Hall–Kier alpha value is -3.01. The number of hydrogen-bond acceptors (Lipinski definition) is 4. The van der Waals surface area contributed by atoms with Crippen LogP contribution in [-0.4, -0.2) is 37.0 Å². The lowest BCUT2D eigenvalue weighted by Crippen LogP contribution is -2.55. The second-order valence-corrected chi connectivity index (χ2v) is 7.37. The summed E-state index contributed by atoms with van der Waals surface area (Å²) in [5.41, 5.74) is -2.42. The van der Waals surface area contributed by atoms with Crippen LogP contribution in [0.1, 0.15) is 12.5 Å². The van der Waals surface area contributed by atoms with E-state index in [1.54, 1.807) is 24.3 Å². The van der Waals surface area contributed by atoms with E-state index in [1.807, 2.05) is 0 Å². The fraction of sp³-hybridized carbons (Fsp3) is 0.278. The molecule has 0 spiro atoms. The zero-order valence-corrected chi connectivity index (χ0v) is 15.7. The van der Waals surface area contributed by atoms with Crippen LogP contribution >= 0.6 is 11.6 Å². The Morgan fingerprint density at radius 2 is 2.03 bits per heavy atom. The molecule has 0 fully saturated rings. The van der Waals surface area contributed by atoms with Crippen LogP contribution in [0, 0.1) is 0 Å². The van der Waals surface area contributed by atoms with Crippen molar-refractivity contribution in [3.05, 3.63) is 57.6 Å². The minimum Gasteiger partial charge on any atom is -0.464 e. The van der Waals surface area contributed by atoms with Crippen LogP contribution in [-0.2, 0) is 13.1 Å². The highest BCUT2D eigenvalue weighted by atomic mass is 35.5. The van der Waals surface area contributed by atoms with Gasteiger partial charge >= 0.3 is 12.3 Å². The van der Waals surface area contributed by atoms with E-state index in [4.69, 9.17) is 11.6 Å². The maximum atomic E-state index is 14.0. The molecule has 0 unspecified atom stereocenters. The predicted molar refractivity (Wildman–Crippen MR) is 99.5 cm³/mol. The van der Waals surface area contributed by atoms with E-state index in [0.717, 1.165) is 27.0 Å². The first-order chi connectivity index (χ1) is 13.5. The first-order valence-electron chi connectivity index (χ1n) is 8.47. The van der Waals surface area contributed by atoms with Crippen molar-refractivity contribution in [2.45, 2.75) is 31.7 Å². The Balaban J connectivity index is 1.91. The number of carbonyl (C=O) groups is 1. The van der Waals surface area contributed by atoms with Gasteiger partial charge in [-0.25, -0.2) is 9.78 Å². The summed E-state index contributed by atoms with van der Waals surface area (Å²) in [4.78, 5) is 28.7. The molecule has 11 heteroatoms. The SMILES string of the molecule is C[C@@]1(C(F)(F)F)Cn2c(nc(Cl)cc2=O)N1Cc1cn(C(=O)O)c2ccccc12. The van der Waals surface area contributed by atoms with Crippen LogP contribution in [0.15, 0.2) is 41.3 Å². The third-order valence-corrected chi connectivity index (χ3v) is 5.39. The van der Waals surface area contributed by atoms with E-state index in [-0.39, 0.29) is 17.6 Å². The van der Waals surface area contributed by atoms with Crippen molar-refractivity contribution in [1.29, 1.82) is 0 Å². The summed E-state index contributed by atoms with van der Waals surface area (Å²) in [5, 5.41) is 9.68. The second kappa shape index (κ2) is 6.24. The molecule has 29 heavy (non-hydrogen) atoms. The van der Waals surface area contributed by atoms with Crippen LogP contribution in [0.5, 0.6) is 0 Å². The van der Waals surface area contributed by atoms with Crippen molar-refractivity contribution >= 4 is 34.5 Å². The molecule has 2 aromatic heterocycles. The zero-order valence-electron chi connectivity index (χ0n) is 14.9. The molecule has 1 aliphatic heterocycles. The van der Waals surface area contributed by atoms with Crippen molar-refractivity contribution in [1.82, 2.24) is 14.1 Å². The summed E-state index contributed by atoms with van der Waals surface area (Å²) < 4.78 is 44.0. The molecular weight excluding hydrogens is 413 g/mol. The van der Waals surface area contributed by atoms with Crippen LogP contribution in [0.2, 0.25) is 5.15 Å². The Morgan fingerprint density at radius 1 is 1.34 bits per heavy atom. The van der Waals surface area contributed by atoms with Gasteiger partial charge in [-0.05, 0) is 18.6 Å². The molecule has 0 saturated heterocycles. The highest BCUT2D eigenvalue weighted by molar-refractivity contribution is 6.29. The second-order valence-electron chi connectivity index (χ2n) is 6.99. The van der Waals surface area contributed by atoms with E-state index >= 15 is 0 Å². The molecule has 3 heterocycles. The number of anilines is 1. The number of para-hydroxylation sites is 1. The fourth-order valence-corrected chi connectivity index (χ4v) is 3.80. The topological polar surface area (TPSA) is 80.4 Å². The summed E-state index contributed by atoms with van der Waals surface area (Å²) in [6.07, 6.45) is -4.68. The van der Waals surface area contributed by atoms with Crippen molar-refractivity contribution in [3.63, 3.8) is 0 Å². The highest BCUT2D eigenvalue weighted by Gasteiger charge is 2.59. The Kier molecular flexibility index (Phi) is 4.16. The van der Waals surface area contributed by atoms with E-state index in [1.165, 1.54) is 6.20 Å². The van der Waals surface area contributed by atoms with E-state index in [2.05, 4.69) is 4.98 Å². The third kappa shape index (κ3) is 2.86. The summed E-state index contributed by atoms with van der Waals surface area (Å²) in [5.74, 6) is -0.213. The van der Waals surface area contributed by atoms with E-state index in [0.29, 0.717) is 16.5 Å². The molecule has 152 valence electrons. The van der Waals surface area contributed by atoms with Gasteiger partial charge in [0.1, 0.15) is 5.15 Å².